The molecule has 0 aromatic carbocycles. The zero-order chi connectivity index (χ0) is 22.3. The summed E-state index contributed by atoms with van der Waals surface area (Å²) in [6.45, 7) is -1.58. The molecule has 0 aliphatic rings. The standard InChI is InChI=1S/C15H22O9S5/c16-10(1-25)21-6-15(7-22-11(17)2-26,8-23-12(18)3-27)9-24-13(19)5-29-14(20)4-28/h25-28H,1-9H2. The van der Waals surface area contributed by atoms with Gasteiger partial charge in [-0.05, 0) is 0 Å². The van der Waals surface area contributed by atoms with Crippen molar-refractivity contribution < 1.29 is 42.9 Å². The fraction of sp³-hybridized carbons (Fsp3) is 0.667. The minimum Gasteiger partial charge on any atom is -0.464 e. The van der Waals surface area contributed by atoms with Crippen LogP contribution in [0.5, 0.6) is 0 Å². The van der Waals surface area contributed by atoms with Gasteiger partial charge in [0, 0.05) is 0 Å². The highest BCUT2D eigenvalue weighted by atomic mass is 32.2. The molecule has 0 spiro atoms. The number of ether oxygens (including phenoxy) is 4. The number of hydrogen-bond acceptors (Lipinski definition) is 14. The summed E-state index contributed by atoms with van der Waals surface area (Å²) in [4.78, 5) is 57.7. The molecule has 0 unspecified atom stereocenters. The van der Waals surface area contributed by atoms with Gasteiger partial charge in [-0.3, -0.25) is 24.0 Å². The molecule has 166 valence electrons. The summed E-state index contributed by atoms with van der Waals surface area (Å²) in [7, 11) is 0. The molecule has 0 saturated carbocycles. The normalized spacial score (nSPS) is 10.8. The molecular formula is C15H22O9S5. The molecule has 9 nitrogen and oxygen atoms in total. The van der Waals surface area contributed by atoms with E-state index >= 15 is 0 Å². The molecule has 0 bridgehead atoms. The number of carbonyl (C=O) groups excluding carboxylic acids is 5. The maximum absolute atomic E-state index is 11.9. The number of carbonyl (C=O) groups is 5. The topological polar surface area (TPSA) is 122 Å². The maximum atomic E-state index is 11.9. The van der Waals surface area contributed by atoms with E-state index in [1.807, 2.05) is 0 Å². The van der Waals surface area contributed by atoms with E-state index in [-0.39, 0.29) is 53.7 Å². The lowest BCUT2D eigenvalue weighted by Crippen LogP contribution is -2.44. The van der Waals surface area contributed by atoms with E-state index in [1.165, 1.54) is 0 Å². The van der Waals surface area contributed by atoms with Gasteiger partial charge in [-0.2, -0.15) is 50.5 Å². The molecule has 0 N–H and O–H groups in total. The van der Waals surface area contributed by atoms with Crippen molar-refractivity contribution in [3.8, 4) is 0 Å². The van der Waals surface area contributed by atoms with E-state index < -0.39 is 35.9 Å². The second-order valence-electron chi connectivity index (χ2n) is 5.44. The number of thioether (sulfide) groups is 1. The van der Waals surface area contributed by atoms with Gasteiger partial charge in [0.25, 0.3) is 0 Å². The average Bonchev–Trinajstić information content (AvgIpc) is 2.75. The fourth-order valence-corrected chi connectivity index (χ4v) is 2.55. The lowest BCUT2D eigenvalue weighted by Gasteiger charge is -2.31. The molecule has 0 aromatic rings. The van der Waals surface area contributed by atoms with Crippen LogP contribution >= 0.6 is 62.3 Å². The third-order valence-electron chi connectivity index (χ3n) is 3.02. The Hall–Kier alpha value is -0.700. The van der Waals surface area contributed by atoms with E-state index in [0.717, 1.165) is 11.8 Å². The van der Waals surface area contributed by atoms with Gasteiger partial charge in [-0.25, -0.2) is 0 Å². The van der Waals surface area contributed by atoms with Gasteiger partial charge in [0.2, 0.25) is 0 Å². The van der Waals surface area contributed by atoms with Gasteiger partial charge < -0.3 is 18.9 Å². The monoisotopic (exact) mass is 506 g/mol. The summed E-state index contributed by atoms with van der Waals surface area (Å²) in [5.74, 6) is -3.74. The van der Waals surface area contributed by atoms with Crippen LogP contribution in [0, 0.1) is 5.41 Å². The third kappa shape index (κ3) is 13.3. The highest BCUT2D eigenvalue weighted by molar-refractivity contribution is 8.15. The second kappa shape index (κ2) is 16.1. The first kappa shape index (κ1) is 28.3. The SMILES string of the molecule is O=C(CS)OCC(COC(=O)CS)(COC(=O)CS)COC(=O)CSC(=O)CS. The van der Waals surface area contributed by atoms with E-state index in [2.05, 4.69) is 50.5 Å². The van der Waals surface area contributed by atoms with Crippen LogP contribution in [0.15, 0.2) is 0 Å². The van der Waals surface area contributed by atoms with Crippen LogP contribution in [0.25, 0.3) is 0 Å². The first-order valence-electron chi connectivity index (χ1n) is 7.93. The highest BCUT2D eigenvalue weighted by Crippen LogP contribution is 2.22. The van der Waals surface area contributed by atoms with Crippen LogP contribution < -0.4 is 0 Å². The van der Waals surface area contributed by atoms with E-state index in [1.54, 1.807) is 0 Å². The minimum atomic E-state index is -1.37. The molecule has 0 rings (SSSR count). The Bertz CT molecular complexity index is 534. The molecule has 0 atom stereocenters. The molecule has 29 heavy (non-hydrogen) atoms. The predicted molar refractivity (Wildman–Crippen MR) is 119 cm³/mol. The van der Waals surface area contributed by atoms with Crippen LogP contribution in [0.3, 0.4) is 0 Å². The van der Waals surface area contributed by atoms with Gasteiger partial charge in [-0.1, -0.05) is 11.8 Å². The number of thiol groups is 4. The fourth-order valence-electron chi connectivity index (χ4n) is 1.55. The lowest BCUT2D eigenvalue weighted by atomic mass is 9.92. The summed E-state index contributed by atoms with van der Waals surface area (Å²) >= 11 is 15.9. The minimum absolute atomic E-state index is 0.0408. The lowest BCUT2D eigenvalue weighted by molar-refractivity contribution is -0.167. The second-order valence-corrected chi connectivity index (χ2v) is 7.73. The van der Waals surface area contributed by atoms with Gasteiger partial charge in [0.05, 0.1) is 28.8 Å². The molecule has 0 saturated heterocycles. The Kier molecular flexibility index (Phi) is 15.7. The molecule has 0 aliphatic heterocycles. The van der Waals surface area contributed by atoms with Crippen molar-refractivity contribution in [2.75, 3.05) is 55.2 Å². The van der Waals surface area contributed by atoms with Crippen molar-refractivity contribution >= 4 is 91.3 Å². The third-order valence-corrected chi connectivity index (χ3v) is 5.15. The Balaban J connectivity index is 5.27. The van der Waals surface area contributed by atoms with Crippen LogP contribution in [0.2, 0.25) is 0 Å². The van der Waals surface area contributed by atoms with Crippen molar-refractivity contribution in [3.05, 3.63) is 0 Å². The van der Waals surface area contributed by atoms with Crippen molar-refractivity contribution in [1.82, 2.24) is 0 Å². The van der Waals surface area contributed by atoms with Crippen LogP contribution in [-0.4, -0.2) is 84.2 Å². The van der Waals surface area contributed by atoms with Crippen LogP contribution in [-0.2, 0) is 42.9 Å². The molecule has 0 aliphatic carbocycles. The zero-order valence-electron chi connectivity index (χ0n) is 15.2. The summed E-state index contributed by atoms with van der Waals surface area (Å²) in [6, 6.07) is 0. The van der Waals surface area contributed by atoms with Gasteiger partial charge >= 0.3 is 23.9 Å². The molecular weight excluding hydrogens is 484 g/mol. The summed E-state index contributed by atoms with van der Waals surface area (Å²) in [5, 5.41) is -0.315. The molecule has 0 radical (unpaired) electrons. The van der Waals surface area contributed by atoms with Gasteiger partial charge in [0.1, 0.15) is 31.8 Å². The van der Waals surface area contributed by atoms with Gasteiger partial charge in [-0.15, -0.1) is 0 Å². The summed E-state index contributed by atoms with van der Waals surface area (Å²) < 4.78 is 20.3. The van der Waals surface area contributed by atoms with E-state index in [9.17, 15) is 24.0 Å². The Labute approximate surface area is 194 Å². The smallest absolute Gasteiger partial charge is 0.316 e. The summed E-state index contributed by atoms with van der Waals surface area (Å²) in [5.41, 5.74) is -1.37. The average molecular weight is 507 g/mol. The number of esters is 4. The molecule has 0 fully saturated rings. The van der Waals surface area contributed by atoms with E-state index in [0.29, 0.717) is 0 Å². The zero-order valence-corrected chi connectivity index (χ0v) is 19.6. The molecule has 14 heteroatoms. The molecule has 0 aromatic heterocycles. The van der Waals surface area contributed by atoms with Gasteiger partial charge in [0.15, 0.2) is 5.12 Å². The van der Waals surface area contributed by atoms with Crippen molar-refractivity contribution in [2.24, 2.45) is 5.41 Å². The highest BCUT2D eigenvalue weighted by Gasteiger charge is 2.37. The summed E-state index contributed by atoms with van der Waals surface area (Å²) in [6.07, 6.45) is 0. The molecule has 0 heterocycles. The quantitative estimate of drug-likeness (QED) is 0.147. The van der Waals surface area contributed by atoms with Crippen molar-refractivity contribution in [3.63, 3.8) is 0 Å². The first-order valence-corrected chi connectivity index (χ1v) is 11.4. The van der Waals surface area contributed by atoms with Crippen LogP contribution in [0.4, 0.5) is 0 Å². The largest absolute Gasteiger partial charge is 0.464 e. The van der Waals surface area contributed by atoms with Crippen LogP contribution in [0.1, 0.15) is 0 Å². The van der Waals surface area contributed by atoms with Crippen molar-refractivity contribution in [2.45, 2.75) is 0 Å². The Morgan fingerprint density at radius 1 is 0.586 bits per heavy atom. The van der Waals surface area contributed by atoms with E-state index in [4.69, 9.17) is 18.9 Å². The number of hydrogen-bond donors (Lipinski definition) is 4. The predicted octanol–water partition coefficient (Wildman–Crippen LogP) is 0.125. The Morgan fingerprint density at radius 2 is 0.931 bits per heavy atom. The Morgan fingerprint density at radius 3 is 1.24 bits per heavy atom. The number of rotatable bonds is 14. The van der Waals surface area contributed by atoms with Crippen molar-refractivity contribution in [1.29, 1.82) is 0 Å². The first-order chi connectivity index (χ1) is 13.7. The maximum Gasteiger partial charge on any atom is 0.316 e. The molecule has 0 amide bonds.